The van der Waals surface area contributed by atoms with Crippen LogP contribution in [0.15, 0.2) is 4.34 Å². The topological polar surface area (TPSA) is 88.5 Å². The minimum Gasteiger partial charge on any atom is -0.481 e. The van der Waals surface area contributed by atoms with Crippen molar-refractivity contribution >= 4 is 35.0 Å². The maximum absolute atomic E-state index is 11.9. The van der Waals surface area contributed by atoms with E-state index in [0.29, 0.717) is 19.0 Å². The second-order valence-corrected chi connectivity index (χ2v) is 7.11. The van der Waals surface area contributed by atoms with Gasteiger partial charge in [0.05, 0.1) is 17.9 Å². The first-order chi connectivity index (χ1) is 10.0. The molecule has 21 heavy (non-hydrogen) atoms. The fourth-order valence-electron chi connectivity index (χ4n) is 2.00. The van der Waals surface area contributed by atoms with Crippen molar-refractivity contribution in [3.63, 3.8) is 0 Å². The Morgan fingerprint density at radius 2 is 2.19 bits per heavy atom. The summed E-state index contributed by atoms with van der Waals surface area (Å²) in [6.45, 7) is 3.19. The lowest BCUT2D eigenvalue weighted by Crippen LogP contribution is -2.39. The Labute approximate surface area is 131 Å². The van der Waals surface area contributed by atoms with E-state index in [9.17, 15) is 9.59 Å². The molecule has 1 amide bonds. The van der Waals surface area contributed by atoms with E-state index >= 15 is 0 Å². The van der Waals surface area contributed by atoms with Crippen LogP contribution in [0.1, 0.15) is 23.4 Å². The first-order valence-corrected chi connectivity index (χ1v) is 8.53. The van der Waals surface area contributed by atoms with Crippen LogP contribution in [0, 0.1) is 6.92 Å². The monoisotopic (exact) mass is 330 g/mol. The smallest absolute Gasteiger partial charge is 0.308 e. The molecule has 1 fully saturated rings. The van der Waals surface area contributed by atoms with Crippen molar-refractivity contribution in [2.45, 2.75) is 36.6 Å². The third-order valence-corrected chi connectivity index (χ3v) is 5.40. The fourth-order valence-corrected chi connectivity index (χ4v) is 4.04. The van der Waals surface area contributed by atoms with Gasteiger partial charge in [-0.3, -0.25) is 9.59 Å². The van der Waals surface area contributed by atoms with Crippen molar-refractivity contribution in [1.29, 1.82) is 0 Å². The van der Waals surface area contributed by atoms with Gasteiger partial charge in [-0.1, -0.05) is 11.8 Å². The number of ether oxygens (including phenoxy) is 1. The molecular weight excluding hydrogens is 312 g/mol. The molecule has 1 aliphatic rings. The number of aromatic nitrogens is 1. The second-order valence-electron chi connectivity index (χ2n) is 4.80. The standard InChI is InChI=1S/C13H18N2O4S2/c1-8-10(6-12(17)18)21-13(14-8)20-7-11(16)15-9-2-4-19-5-3-9/h9H,2-7H2,1H3,(H,15,16)(H,17,18). The highest BCUT2D eigenvalue weighted by Gasteiger charge is 2.17. The molecule has 0 aliphatic carbocycles. The largest absolute Gasteiger partial charge is 0.481 e. The molecule has 0 bridgehead atoms. The predicted octanol–water partition coefficient (Wildman–Crippen LogP) is 1.47. The van der Waals surface area contributed by atoms with Crippen molar-refractivity contribution in [3.8, 4) is 0 Å². The number of carbonyl (C=O) groups excluding carboxylic acids is 1. The van der Waals surface area contributed by atoms with Crippen LogP contribution in [0.4, 0.5) is 0 Å². The molecule has 0 radical (unpaired) electrons. The number of aliphatic carboxylic acids is 1. The van der Waals surface area contributed by atoms with Gasteiger partial charge in [-0.2, -0.15) is 0 Å². The summed E-state index contributed by atoms with van der Waals surface area (Å²) >= 11 is 2.70. The van der Waals surface area contributed by atoms with Gasteiger partial charge in [0.15, 0.2) is 4.34 Å². The molecule has 0 atom stereocenters. The molecule has 2 heterocycles. The van der Waals surface area contributed by atoms with Crippen molar-refractivity contribution in [2.24, 2.45) is 0 Å². The predicted molar refractivity (Wildman–Crippen MR) is 80.9 cm³/mol. The summed E-state index contributed by atoms with van der Waals surface area (Å²) in [7, 11) is 0. The third kappa shape index (κ3) is 5.29. The molecule has 8 heteroatoms. The van der Waals surface area contributed by atoms with Crippen molar-refractivity contribution in [2.75, 3.05) is 19.0 Å². The highest BCUT2D eigenvalue weighted by Crippen LogP contribution is 2.27. The summed E-state index contributed by atoms with van der Waals surface area (Å²) in [4.78, 5) is 27.6. The molecule has 2 rings (SSSR count). The van der Waals surface area contributed by atoms with Gasteiger partial charge in [0.1, 0.15) is 0 Å². The van der Waals surface area contributed by atoms with Crippen LogP contribution in [0.5, 0.6) is 0 Å². The lowest BCUT2D eigenvalue weighted by atomic mass is 10.1. The van der Waals surface area contributed by atoms with E-state index in [0.717, 1.165) is 27.8 Å². The van der Waals surface area contributed by atoms with E-state index in [2.05, 4.69) is 10.3 Å². The first-order valence-electron chi connectivity index (χ1n) is 6.72. The highest BCUT2D eigenvalue weighted by atomic mass is 32.2. The Morgan fingerprint density at radius 1 is 1.48 bits per heavy atom. The molecule has 0 unspecified atom stereocenters. The molecular formula is C13H18N2O4S2. The van der Waals surface area contributed by atoms with E-state index in [1.165, 1.54) is 23.1 Å². The summed E-state index contributed by atoms with van der Waals surface area (Å²) in [5, 5.41) is 11.8. The number of carbonyl (C=O) groups is 2. The molecule has 0 saturated carbocycles. The van der Waals surface area contributed by atoms with Crippen LogP contribution in [-0.4, -0.2) is 47.0 Å². The summed E-state index contributed by atoms with van der Waals surface area (Å²) in [5.41, 5.74) is 0.731. The zero-order chi connectivity index (χ0) is 15.2. The minimum atomic E-state index is -0.865. The summed E-state index contributed by atoms with van der Waals surface area (Å²) < 4.78 is 5.99. The fraction of sp³-hybridized carbons (Fsp3) is 0.615. The number of carboxylic acids is 1. The van der Waals surface area contributed by atoms with Gasteiger partial charge in [-0.25, -0.2) is 4.98 Å². The number of aryl methyl sites for hydroxylation is 1. The quantitative estimate of drug-likeness (QED) is 0.768. The van der Waals surface area contributed by atoms with Gasteiger partial charge in [-0.15, -0.1) is 11.3 Å². The lowest BCUT2D eigenvalue weighted by molar-refractivity contribution is -0.136. The number of carboxylic acid groups (broad SMARTS) is 1. The molecule has 1 aromatic heterocycles. The third-order valence-electron chi connectivity index (χ3n) is 3.10. The van der Waals surface area contributed by atoms with Crippen LogP contribution < -0.4 is 5.32 Å². The number of rotatable bonds is 6. The van der Waals surface area contributed by atoms with E-state index in [-0.39, 0.29) is 18.4 Å². The van der Waals surface area contributed by atoms with E-state index in [1.54, 1.807) is 6.92 Å². The molecule has 1 aromatic rings. The zero-order valence-electron chi connectivity index (χ0n) is 11.8. The van der Waals surface area contributed by atoms with Crippen LogP contribution in [-0.2, 0) is 20.7 Å². The first kappa shape index (κ1) is 16.3. The molecule has 116 valence electrons. The van der Waals surface area contributed by atoms with Crippen LogP contribution in [0.2, 0.25) is 0 Å². The number of amides is 1. The number of hydrogen-bond donors (Lipinski definition) is 2. The molecule has 1 saturated heterocycles. The van der Waals surface area contributed by atoms with Gasteiger partial charge >= 0.3 is 5.97 Å². The summed E-state index contributed by atoms with van der Waals surface area (Å²) in [6, 6.07) is 0.201. The van der Waals surface area contributed by atoms with Crippen molar-refractivity contribution < 1.29 is 19.4 Å². The minimum absolute atomic E-state index is 0.0143. The maximum atomic E-state index is 11.9. The van der Waals surface area contributed by atoms with Crippen LogP contribution in [0.25, 0.3) is 0 Å². The molecule has 0 spiro atoms. The summed E-state index contributed by atoms with van der Waals surface area (Å²) in [6.07, 6.45) is 1.70. The number of nitrogens with zero attached hydrogens (tertiary/aromatic N) is 1. The van der Waals surface area contributed by atoms with Gasteiger partial charge in [0, 0.05) is 24.1 Å². The number of hydrogen-bond acceptors (Lipinski definition) is 6. The van der Waals surface area contributed by atoms with Crippen LogP contribution >= 0.6 is 23.1 Å². The number of nitrogens with one attached hydrogen (secondary N) is 1. The normalized spacial score (nSPS) is 15.9. The molecule has 6 nitrogen and oxygen atoms in total. The van der Waals surface area contributed by atoms with E-state index < -0.39 is 5.97 Å². The number of thiazole rings is 1. The maximum Gasteiger partial charge on any atom is 0.308 e. The SMILES string of the molecule is Cc1nc(SCC(=O)NC2CCOCC2)sc1CC(=O)O. The van der Waals surface area contributed by atoms with Gasteiger partial charge in [0.2, 0.25) is 5.91 Å². The van der Waals surface area contributed by atoms with Crippen molar-refractivity contribution in [3.05, 3.63) is 10.6 Å². The van der Waals surface area contributed by atoms with Gasteiger partial charge in [-0.05, 0) is 19.8 Å². The van der Waals surface area contributed by atoms with E-state index in [1.807, 2.05) is 0 Å². The van der Waals surface area contributed by atoms with Crippen molar-refractivity contribution in [1.82, 2.24) is 10.3 Å². The van der Waals surface area contributed by atoms with Crippen LogP contribution in [0.3, 0.4) is 0 Å². The lowest BCUT2D eigenvalue weighted by Gasteiger charge is -2.22. The Morgan fingerprint density at radius 3 is 2.86 bits per heavy atom. The Balaban J connectivity index is 1.79. The molecule has 1 aliphatic heterocycles. The Bertz CT molecular complexity index is 512. The average Bonchev–Trinajstić information content (AvgIpc) is 2.77. The Kier molecular flexibility index (Phi) is 6.01. The highest BCUT2D eigenvalue weighted by molar-refractivity contribution is 8.01. The van der Waals surface area contributed by atoms with Gasteiger partial charge < -0.3 is 15.2 Å². The zero-order valence-corrected chi connectivity index (χ0v) is 13.4. The van der Waals surface area contributed by atoms with Gasteiger partial charge in [0.25, 0.3) is 0 Å². The number of thioether (sulfide) groups is 1. The molecule has 2 N–H and O–H groups in total. The average molecular weight is 330 g/mol. The van der Waals surface area contributed by atoms with E-state index in [4.69, 9.17) is 9.84 Å². The Hall–Kier alpha value is -1.12. The summed E-state index contributed by atoms with van der Waals surface area (Å²) in [5.74, 6) is -0.577. The molecule has 0 aromatic carbocycles. The second kappa shape index (κ2) is 7.77.